The maximum Gasteiger partial charge on any atom is 0.253 e. The van der Waals surface area contributed by atoms with Gasteiger partial charge in [-0.25, -0.2) is 0 Å². The molecular formula is C14H20N2O5. The van der Waals surface area contributed by atoms with Crippen LogP contribution in [0, 0.1) is 0 Å². The molecule has 4 N–H and O–H groups in total. The van der Waals surface area contributed by atoms with E-state index in [0.29, 0.717) is 17.9 Å². The van der Waals surface area contributed by atoms with E-state index >= 15 is 0 Å². The summed E-state index contributed by atoms with van der Waals surface area (Å²) in [5.74, 6) is -0.893. The van der Waals surface area contributed by atoms with Gasteiger partial charge in [-0.3, -0.25) is 9.59 Å². The number of ether oxygens (including phenoxy) is 2. The Kier molecular flexibility index (Phi) is 7.38. The molecule has 2 amide bonds. The average Bonchev–Trinajstić information content (AvgIpc) is 2.47. The number of aliphatic hydroxyl groups is 1. The highest BCUT2D eigenvalue weighted by molar-refractivity contribution is 5.97. The van der Waals surface area contributed by atoms with Crippen LogP contribution in [-0.4, -0.2) is 49.5 Å². The Hall–Kier alpha value is -1.96. The van der Waals surface area contributed by atoms with Crippen LogP contribution in [0.1, 0.15) is 17.3 Å². The molecule has 7 nitrogen and oxygen atoms in total. The molecule has 0 radical (unpaired) electrons. The van der Waals surface area contributed by atoms with Crippen LogP contribution in [0.25, 0.3) is 0 Å². The van der Waals surface area contributed by atoms with Crippen molar-refractivity contribution in [1.29, 1.82) is 0 Å². The smallest absolute Gasteiger partial charge is 0.253 e. The van der Waals surface area contributed by atoms with Crippen LogP contribution in [0.2, 0.25) is 0 Å². The van der Waals surface area contributed by atoms with E-state index in [1.54, 1.807) is 25.1 Å². The number of carbonyl (C=O) groups excluding carboxylic acids is 2. The van der Waals surface area contributed by atoms with Crippen molar-refractivity contribution in [2.45, 2.75) is 13.0 Å². The van der Waals surface area contributed by atoms with Crippen LogP contribution in [0.3, 0.4) is 0 Å². The lowest BCUT2D eigenvalue weighted by Gasteiger charge is -2.13. The number of rotatable bonds is 9. The van der Waals surface area contributed by atoms with Gasteiger partial charge in [-0.1, -0.05) is 6.07 Å². The molecule has 1 atom stereocenters. The molecule has 0 saturated carbocycles. The minimum absolute atomic E-state index is 0.0494. The molecule has 0 fully saturated rings. The molecule has 1 aromatic carbocycles. The fourth-order valence-corrected chi connectivity index (χ4v) is 1.52. The number of amides is 2. The summed E-state index contributed by atoms with van der Waals surface area (Å²) in [6, 6.07) is 6.35. The minimum Gasteiger partial charge on any atom is -0.394 e. The van der Waals surface area contributed by atoms with Crippen molar-refractivity contribution in [3.63, 3.8) is 0 Å². The van der Waals surface area contributed by atoms with Gasteiger partial charge in [0.25, 0.3) is 5.91 Å². The molecule has 0 spiro atoms. The SMILES string of the molecule is CC(OCCOCCO)C(=O)Nc1cccc(C(N)=O)c1. The number of hydrogen-bond donors (Lipinski definition) is 3. The highest BCUT2D eigenvalue weighted by Gasteiger charge is 2.13. The van der Waals surface area contributed by atoms with Gasteiger partial charge in [-0.15, -0.1) is 0 Å². The number of anilines is 1. The third-order valence-electron chi connectivity index (χ3n) is 2.61. The van der Waals surface area contributed by atoms with Gasteiger partial charge in [0.15, 0.2) is 0 Å². The van der Waals surface area contributed by atoms with Crippen LogP contribution in [0.15, 0.2) is 24.3 Å². The number of nitrogens with two attached hydrogens (primary N) is 1. The molecule has 0 aliphatic rings. The Morgan fingerprint density at radius 3 is 2.76 bits per heavy atom. The molecule has 0 heterocycles. The van der Waals surface area contributed by atoms with E-state index < -0.39 is 12.0 Å². The van der Waals surface area contributed by atoms with Crippen molar-refractivity contribution in [1.82, 2.24) is 0 Å². The molecule has 7 heteroatoms. The van der Waals surface area contributed by atoms with E-state index in [9.17, 15) is 9.59 Å². The monoisotopic (exact) mass is 296 g/mol. The number of aliphatic hydroxyl groups excluding tert-OH is 1. The van der Waals surface area contributed by atoms with Crippen molar-refractivity contribution in [2.75, 3.05) is 31.7 Å². The normalized spacial score (nSPS) is 11.9. The summed E-state index contributed by atoms with van der Waals surface area (Å²) in [7, 11) is 0. The number of benzene rings is 1. The molecule has 0 aliphatic heterocycles. The Morgan fingerprint density at radius 1 is 1.33 bits per heavy atom. The van der Waals surface area contributed by atoms with Gasteiger partial charge in [-0.2, -0.15) is 0 Å². The van der Waals surface area contributed by atoms with Gasteiger partial charge in [-0.05, 0) is 25.1 Å². The molecule has 0 aromatic heterocycles. The average molecular weight is 296 g/mol. The van der Waals surface area contributed by atoms with Crippen molar-refractivity contribution in [2.24, 2.45) is 5.73 Å². The van der Waals surface area contributed by atoms with E-state index in [4.69, 9.17) is 20.3 Å². The van der Waals surface area contributed by atoms with Crippen molar-refractivity contribution >= 4 is 17.5 Å². The van der Waals surface area contributed by atoms with Crippen LogP contribution >= 0.6 is 0 Å². The first-order chi connectivity index (χ1) is 10.0. The van der Waals surface area contributed by atoms with Crippen molar-refractivity contribution < 1.29 is 24.2 Å². The Labute approximate surface area is 123 Å². The zero-order valence-corrected chi connectivity index (χ0v) is 11.9. The maximum atomic E-state index is 11.9. The molecule has 1 aromatic rings. The largest absolute Gasteiger partial charge is 0.394 e. The summed E-state index contributed by atoms with van der Waals surface area (Å²) < 4.78 is 10.3. The Morgan fingerprint density at radius 2 is 2.10 bits per heavy atom. The number of nitrogens with one attached hydrogen (secondary N) is 1. The molecule has 1 unspecified atom stereocenters. The molecule has 1 rings (SSSR count). The third-order valence-corrected chi connectivity index (χ3v) is 2.61. The van der Waals surface area contributed by atoms with E-state index in [-0.39, 0.29) is 25.7 Å². The van der Waals surface area contributed by atoms with Gasteiger partial charge >= 0.3 is 0 Å². The minimum atomic E-state index is -0.667. The van der Waals surface area contributed by atoms with Crippen LogP contribution < -0.4 is 11.1 Å². The zero-order chi connectivity index (χ0) is 15.7. The first kappa shape index (κ1) is 17.1. The van der Waals surface area contributed by atoms with Crippen molar-refractivity contribution in [3.8, 4) is 0 Å². The third kappa shape index (κ3) is 6.35. The van der Waals surface area contributed by atoms with Gasteiger partial charge < -0.3 is 25.6 Å². The van der Waals surface area contributed by atoms with Crippen LogP contribution in [0.4, 0.5) is 5.69 Å². The molecule has 0 saturated heterocycles. The van der Waals surface area contributed by atoms with E-state index in [2.05, 4.69) is 5.32 Å². The number of carbonyl (C=O) groups is 2. The van der Waals surface area contributed by atoms with Crippen LogP contribution in [-0.2, 0) is 14.3 Å². The second-order valence-corrected chi connectivity index (χ2v) is 4.28. The number of hydrogen-bond acceptors (Lipinski definition) is 5. The Bertz CT molecular complexity index is 478. The standard InChI is InChI=1S/C14H20N2O5/c1-10(21-8-7-20-6-5-17)14(19)16-12-4-2-3-11(9-12)13(15)18/h2-4,9-10,17H,5-8H2,1H3,(H2,15,18)(H,16,19). The quantitative estimate of drug-likeness (QED) is 0.561. The molecular weight excluding hydrogens is 276 g/mol. The maximum absolute atomic E-state index is 11.9. The first-order valence-corrected chi connectivity index (χ1v) is 6.55. The van der Waals surface area contributed by atoms with Crippen LogP contribution in [0.5, 0.6) is 0 Å². The summed E-state index contributed by atoms with van der Waals surface area (Å²) in [6.45, 7) is 2.35. The highest BCUT2D eigenvalue weighted by Crippen LogP contribution is 2.11. The molecule has 0 aliphatic carbocycles. The molecule has 0 bridgehead atoms. The second-order valence-electron chi connectivity index (χ2n) is 4.28. The highest BCUT2D eigenvalue weighted by atomic mass is 16.5. The fourth-order valence-electron chi connectivity index (χ4n) is 1.52. The summed E-state index contributed by atoms with van der Waals surface area (Å²) in [4.78, 5) is 22.9. The summed E-state index contributed by atoms with van der Waals surface area (Å²) >= 11 is 0. The lowest BCUT2D eigenvalue weighted by Crippen LogP contribution is -2.29. The predicted octanol–water partition coefficient (Wildman–Crippen LogP) is 0.138. The lowest BCUT2D eigenvalue weighted by atomic mass is 10.2. The molecule has 116 valence electrons. The van der Waals surface area contributed by atoms with Gasteiger partial charge in [0.1, 0.15) is 6.10 Å². The Balaban J connectivity index is 2.41. The van der Waals surface area contributed by atoms with Gasteiger partial charge in [0.2, 0.25) is 5.91 Å². The summed E-state index contributed by atoms with van der Waals surface area (Å²) in [5, 5.41) is 11.2. The van der Waals surface area contributed by atoms with E-state index in [1.165, 1.54) is 6.07 Å². The van der Waals surface area contributed by atoms with E-state index in [1.807, 2.05) is 0 Å². The first-order valence-electron chi connectivity index (χ1n) is 6.55. The summed E-state index contributed by atoms with van der Waals surface area (Å²) in [5.41, 5.74) is 5.96. The number of primary amides is 1. The zero-order valence-electron chi connectivity index (χ0n) is 11.9. The summed E-state index contributed by atoms with van der Waals surface area (Å²) in [6.07, 6.45) is -0.667. The second kappa shape index (κ2) is 9.06. The van der Waals surface area contributed by atoms with Gasteiger partial charge in [0.05, 0.1) is 26.4 Å². The lowest BCUT2D eigenvalue weighted by molar-refractivity contribution is -0.127. The fraction of sp³-hybridized carbons (Fsp3) is 0.429. The molecule has 21 heavy (non-hydrogen) atoms. The van der Waals surface area contributed by atoms with Gasteiger partial charge in [0, 0.05) is 11.3 Å². The predicted molar refractivity (Wildman–Crippen MR) is 76.9 cm³/mol. The topological polar surface area (TPSA) is 111 Å². The van der Waals surface area contributed by atoms with E-state index in [0.717, 1.165) is 0 Å². The van der Waals surface area contributed by atoms with Crippen molar-refractivity contribution in [3.05, 3.63) is 29.8 Å².